The van der Waals surface area contributed by atoms with E-state index in [9.17, 15) is 14.2 Å². The van der Waals surface area contributed by atoms with Gasteiger partial charge in [-0.1, -0.05) is 41.9 Å². The van der Waals surface area contributed by atoms with Crippen molar-refractivity contribution >= 4 is 51.7 Å². The van der Waals surface area contributed by atoms with Gasteiger partial charge in [0.25, 0.3) is 5.91 Å². The minimum Gasteiger partial charge on any atom is -0.349 e. The second-order valence-corrected chi connectivity index (χ2v) is 12.6. The molecule has 0 aliphatic carbocycles. The van der Waals surface area contributed by atoms with Crippen molar-refractivity contribution in [3.8, 4) is 0 Å². The van der Waals surface area contributed by atoms with E-state index in [0.717, 1.165) is 21.5 Å². The third kappa shape index (κ3) is 5.64. The van der Waals surface area contributed by atoms with Gasteiger partial charge in [0.1, 0.15) is 5.56 Å². The van der Waals surface area contributed by atoms with E-state index in [0.29, 0.717) is 21.6 Å². The predicted octanol–water partition coefficient (Wildman–Crippen LogP) is 5.09. The maximum Gasteiger partial charge on any atom is 0.257 e. The van der Waals surface area contributed by atoms with Gasteiger partial charge >= 0.3 is 0 Å². The molecule has 1 atom stereocenters. The highest BCUT2D eigenvalue weighted by Gasteiger charge is 2.24. The van der Waals surface area contributed by atoms with Gasteiger partial charge in [0.15, 0.2) is 0 Å². The average Bonchev–Trinajstić information content (AvgIpc) is 3.17. The van der Waals surface area contributed by atoms with E-state index in [-0.39, 0.29) is 17.5 Å². The maximum atomic E-state index is 13.3. The van der Waals surface area contributed by atoms with Gasteiger partial charge in [-0.15, -0.1) is 11.3 Å². The topological polar surface area (TPSA) is 80.6 Å². The number of hydrogen-bond acceptors (Lipinski definition) is 6. The quantitative estimate of drug-likeness (QED) is 0.247. The van der Waals surface area contributed by atoms with Crippen LogP contribution in [0.2, 0.25) is 5.02 Å². The number of pyridine rings is 1. The van der Waals surface area contributed by atoms with Crippen LogP contribution >= 0.6 is 30.3 Å². The Morgan fingerprint density at radius 3 is 2.50 bits per heavy atom. The molecule has 4 aromatic rings. The van der Waals surface area contributed by atoms with Gasteiger partial charge in [0.2, 0.25) is 12.8 Å². The van der Waals surface area contributed by atoms with Gasteiger partial charge in [0.05, 0.1) is 16.8 Å². The van der Waals surface area contributed by atoms with E-state index < -0.39 is 13.3 Å². The van der Waals surface area contributed by atoms with Crippen molar-refractivity contribution < 1.29 is 14.0 Å². The van der Waals surface area contributed by atoms with Crippen LogP contribution in [0.3, 0.4) is 0 Å². The second kappa shape index (κ2) is 10.7. The molecule has 1 N–H and O–H groups in total. The summed E-state index contributed by atoms with van der Waals surface area (Å²) in [6.45, 7) is 4.14. The maximum absolute atomic E-state index is 13.3. The summed E-state index contributed by atoms with van der Waals surface area (Å²) >= 11 is 7.24. The Balaban J connectivity index is 1.55. The molecule has 4 rings (SSSR count). The molecule has 2 aromatic heterocycles. The first-order valence-electron chi connectivity index (χ1n) is 11.2. The van der Waals surface area contributed by atoms with E-state index in [2.05, 4.69) is 5.32 Å². The molecule has 1 unspecified atom stereocenters. The Morgan fingerprint density at radius 1 is 1.17 bits per heavy atom. The number of carbonyl (C=O) groups excluding carboxylic acids is 1. The fourth-order valence-corrected chi connectivity index (χ4v) is 6.87. The number of aromatic nitrogens is 1. The number of amides is 1. The Kier molecular flexibility index (Phi) is 7.83. The molecule has 0 saturated heterocycles. The lowest BCUT2D eigenvalue weighted by Crippen LogP contribution is -2.29. The SMILES string of the molecule is Cc1c(CN(C)OP(C)(=O)c2ccccc2)sc2c(=O)c(C(=O)NCc3ccc(Cl)cc3)cn(C)c12. The van der Waals surface area contributed by atoms with Gasteiger partial charge in [-0.2, -0.15) is 5.06 Å². The third-order valence-corrected chi connectivity index (χ3v) is 9.18. The molecule has 188 valence electrons. The predicted molar refractivity (Wildman–Crippen MR) is 147 cm³/mol. The molecule has 7 nitrogen and oxygen atoms in total. The van der Waals surface area contributed by atoms with E-state index in [1.165, 1.54) is 16.4 Å². The van der Waals surface area contributed by atoms with Crippen LogP contribution in [-0.4, -0.2) is 29.2 Å². The minimum atomic E-state index is -3.06. The largest absolute Gasteiger partial charge is 0.349 e. The van der Waals surface area contributed by atoms with Crippen LogP contribution in [0.1, 0.15) is 26.4 Å². The summed E-state index contributed by atoms with van der Waals surface area (Å²) in [5.74, 6) is -0.435. The zero-order valence-electron chi connectivity index (χ0n) is 20.4. The highest BCUT2D eigenvalue weighted by atomic mass is 35.5. The van der Waals surface area contributed by atoms with E-state index in [1.807, 2.05) is 44.3 Å². The lowest BCUT2D eigenvalue weighted by atomic mass is 10.1. The number of benzene rings is 2. The lowest BCUT2D eigenvalue weighted by Gasteiger charge is -2.21. The molecule has 0 fully saturated rings. The molecule has 36 heavy (non-hydrogen) atoms. The Morgan fingerprint density at radius 2 is 1.83 bits per heavy atom. The number of nitrogens with one attached hydrogen (secondary N) is 1. The molecule has 1 amide bonds. The summed E-state index contributed by atoms with van der Waals surface area (Å²) in [7, 11) is 0.475. The highest BCUT2D eigenvalue weighted by molar-refractivity contribution is 7.66. The molecule has 2 heterocycles. The van der Waals surface area contributed by atoms with E-state index >= 15 is 0 Å². The zero-order chi connectivity index (χ0) is 26.0. The summed E-state index contributed by atoms with van der Waals surface area (Å²) < 4.78 is 21.2. The van der Waals surface area contributed by atoms with Gasteiger partial charge in [-0.3, -0.25) is 14.2 Å². The standard InChI is InChI=1S/C26H27ClN3O4PS/c1-17-22(16-30(3)34-35(4,33)20-8-6-5-7-9-20)36-25-23(17)29(2)15-21(24(25)31)26(32)28-14-18-10-12-19(27)13-11-18/h5-13,15H,14,16H2,1-4H3,(H,28,32). The Bertz CT molecular complexity index is 1520. The molecule has 2 aromatic carbocycles. The Hall–Kier alpha value is -2.74. The van der Waals surface area contributed by atoms with Crippen molar-refractivity contribution in [3.05, 3.63) is 97.6 Å². The average molecular weight is 544 g/mol. The molecule has 0 saturated carbocycles. The highest BCUT2D eigenvalue weighted by Crippen LogP contribution is 2.42. The van der Waals surface area contributed by atoms with Crippen LogP contribution in [0.25, 0.3) is 10.2 Å². The van der Waals surface area contributed by atoms with Crippen LogP contribution in [0.4, 0.5) is 0 Å². The molecule has 0 bridgehead atoms. The number of halogens is 1. The van der Waals surface area contributed by atoms with Crippen molar-refractivity contribution in [2.75, 3.05) is 13.7 Å². The van der Waals surface area contributed by atoms with E-state index in [1.54, 1.807) is 48.7 Å². The number of hydrogen-bond donors (Lipinski definition) is 1. The molecule has 0 radical (unpaired) electrons. The first kappa shape index (κ1) is 26.3. The van der Waals surface area contributed by atoms with Crippen molar-refractivity contribution in [2.45, 2.75) is 20.0 Å². The number of rotatable bonds is 8. The van der Waals surface area contributed by atoms with Crippen LogP contribution in [0, 0.1) is 6.92 Å². The summed E-state index contributed by atoms with van der Waals surface area (Å²) in [5.41, 5.74) is 2.34. The normalized spacial score (nSPS) is 13.2. The van der Waals surface area contributed by atoms with Crippen LogP contribution in [0.15, 0.2) is 65.6 Å². The number of hydroxylamine groups is 2. The van der Waals surface area contributed by atoms with Crippen molar-refractivity contribution in [1.29, 1.82) is 0 Å². The number of nitrogens with zero attached hydrogens (tertiary/aromatic N) is 2. The number of fused-ring (bicyclic) bond motifs is 1. The number of aryl methyl sites for hydroxylation is 2. The summed E-state index contributed by atoms with van der Waals surface area (Å²) in [4.78, 5) is 27.0. The fraction of sp³-hybridized carbons (Fsp3) is 0.231. The smallest absolute Gasteiger partial charge is 0.257 e. The van der Waals surface area contributed by atoms with E-state index in [4.69, 9.17) is 16.2 Å². The van der Waals surface area contributed by atoms with Gasteiger partial charge in [-0.05, 0) is 42.3 Å². The fourth-order valence-electron chi connectivity index (χ4n) is 4.00. The first-order valence-corrected chi connectivity index (χ1v) is 14.5. The summed E-state index contributed by atoms with van der Waals surface area (Å²) in [6, 6.07) is 16.2. The number of thiophene rings is 1. The first-order chi connectivity index (χ1) is 17.1. The molecule has 0 spiro atoms. The Labute approximate surface area is 218 Å². The van der Waals surface area contributed by atoms with Crippen molar-refractivity contribution in [3.63, 3.8) is 0 Å². The van der Waals surface area contributed by atoms with Crippen molar-refractivity contribution in [1.82, 2.24) is 14.9 Å². The molecule has 0 aliphatic rings. The molecular formula is C26H27ClN3O4PS. The van der Waals surface area contributed by atoms with Gasteiger partial charge in [0, 0.05) is 48.7 Å². The van der Waals surface area contributed by atoms with Crippen LogP contribution < -0.4 is 16.1 Å². The molecule has 10 heteroatoms. The number of carbonyl (C=O) groups is 1. The van der Waals surface area contributed by atoms with Crippen LogP contribution in [-0.2, 0) is 29.3 Å². The van der Waals surface area contributed by atoms with Crippen molar-refractivity contribution in [2.24, 2.45) is 7.05 Å². The second-order valence-electron chi connectivity index (χ2n) is 8.67. The molecule has 0 aliphatic heterocycles. The molecular weight excluding hydrogens is 517 g/mol. The summed E-state index contributed by atoms with van der Waals surface area (Å²) in [6.07, 6.45) is 1.57. The zero-order valence-corrected chi connectivity index (χ0v) is 22.9. The lowest BCUT2D eigenvalue weighted by molar-refractivity contribution is -0.0331. The minimum absolute atomic E-state index is 0.0819. The third-order valence-electron chi connectivity index (χ3n) is 5.84. The van der Waals surface area contributed by atoms with Crippen LogP contribution in [0.5, 0.6) is 0 Å². The van der Waals surface area contributed by atoms with Gasteiger partial charge < -0.3 is 9.88 Å². The summed E-state index contributed by atoms with van der Waals surface area (Å²) in [5, 5.41) is 5.60. The van der Waals surface area contributed by atoms with Gasteiger partial charge in [-0.25, -0.2) is 4.62 Å². The monoisotopic (exact) mass is 543 g/mol.